The number of hydrogen-bond acceptors (Lipinski definition) is 2. The molecule has 4 atom stereocenters. The van der Waals surface area contributed by atoms with E-state index in [9.17, 15) is 0 Å². The summed E-state index contributed by atoms with van der Waals surface area (Å²) in [6.07, 6.45) is 11.7. The first kappa shape index (κ1) is 14.3. The second-order valence-corrected chi connectivity index (χ2v) is 6.97. The molecule has 1 N–H and O–H groups in total. The predicted octanol–water partition coefficient (Wildman–Crippen LogP) is 3.28. The van der Waals surface area contributed by atoms with Gasteiger partial charge < -0.3 is 10.2 Å². The molecule has 0 aliphatic heterocycles. The topological polar surface area (TPSA) is 15.3 Å². The lowest BCUT2D eigenvalue weighted by molar-refractivity contribution is 0.138. The number of nitrogens with one attached hydrogen (secondary N) is 1. The Morgan fingerprint density at radius 1 is 1.06 bits per heavy atom. The Balaban J connectivity index is 1.70. The van der Waals surface area contributed by atoms with Crippen molar-refractivity contribution in [3.8, 4) is 0 Å². The highest BCUT2D eigenvalue weighted by atomic mass is 15.1. The van der Waals surface area contributed by atoms with Gasteiger partial charge in [0.1, 0.15) is 0 Å². The SMILES string of the molecule is CC(CCN(C)C)NC1CCC2CCCCC2C1. The summed E-state index contributed by atoms with van der Waals surface area (Å²) >= 11 is 0. The molecule has 2 aliphatic rings. The van der Waals surface area contributed by atoms with E-state index in [1.807, 2.05) is 0 Å². The highest BCUT2D eigenvalue weighted by Gasteiger charge is 2.32. The highest BCUT2D eigenvalue weighted by Crippen LogP contribution is 2.40. The molecule has 0 radical (unpaired) electrons. The van der Waals surface area contributed by atoms with Gasteiger partial charge in [0.2, 0.25) is 0 Å². The first-order valence-corrected chi connectivity index (χ1v) is 8.06. The molecule has 0 amide bonds. The van der Waals surface area contributed by atoms with Crippen molar-refractivity contribution in [1.82, 2.24) is 10.2 Å². The molecule has 2 rings (SSSR count). The van der Waals surface area contributed by atoms with E-state index in [-0.39, 0.29) is 0 Å². The number of nitrogens with zero attached hydrogens (tertiary/aromatic N) is 1. The minimum absolute atomic E-state index is 0.678. The van der Waals surface area contributed by atoms with Gasteiger partial charge in [0.15, 0.2) is 0 Å². The molecule has 0 spiro atoms. The van der Waals surface area contributed by atoms with E-state index in [1.54, 1.807) is 0 Å². The average molecular weight is 252 g/mol. The molecular weight excluding hydrogens is 220 g/mol. The summed E-state index contributed by atoms with van der Waals surface area (Å²) in [4.78, 5) is 2.29. The summed E-state index contributed by atoms with van der Waals surface area (Å²) < 4.78 is 0. The van der Waals surface area contributed by atoms with E-state index in [1.165, 1.54) is 57.9 Å². The molecule has 0 saturated heterocycles. The molecule has 0 aromatic rings. The summed E-state index contributed by atoms with van der Waals surface area (Å²) in [6.45, 7) is 3.56. The lowest BCUT2D eigenvalue weighted by Gasteiger charge is -2.40. The van der Waals surface area contributed by atoms with Gasteiger partial charge in [0.25, 0.3) is 0 Å². The van der Waals surface area contributed by atoms with Crippen molar-refractivity contribution in [3.63, 3.8) is 0 Å². The highest BCUT2D eigenvalue weighted by molar-refractivity contribution is 4.87. The van der Waals surface area contributed by atoms with Crippen LogP contribution in [0.1, 0.15) is 58.3 Å². The average Bonchev–Trinajstić information content (AvgIpc) is 2.36. The third-order valence-electron chi connectivity index (χ3n) is 5.07. The van der Waals surface area contributed by atoms with Gasteiger partial charge in [0, 0.05) is 12.1 Å². The van der Waals surface area contributed by atoms with Crippen molar-refractivity contribution in [2.75, 3.05) is 20.6 Å². The minimum atomic E-state index is 0.678. The lowest BCUT2D eigenvalue weighted by Crippen LogP contribution is -2.43. The Bertz CT molecular complexity index is 239. The van der Waals surface area contributed by atoms with Crippen molar-refractivity contribution < 1.29 is 0 Å². The zero-order chi connectivity index (χ0) is 13.0. The minimum Gasteiger partial charge on any atom is -0.311 e. The molecule has 18 heavy (non-hydrogen) atoms. The molecule has 4 unspecified atom stereocenters. The van der Waals surface area contributed by atoms with Crippen LogP contribution in [0.15, 0.2) is 0 Å². The second-order valence-electron chi connectivity index (χ2n) is 6.97. The fourth-order valence-corrected chi connectivity index (χ4v) is 3.96. The van der Waals surface area contributed by atoms with Crippen LogP contribution >= 0.6 is 0 Å². The molecule has 0 bridgehead atoms. The van der Waals surface area contributed by atoms with Crippen molar-refractivity contribution in [1.29, 1.82) is 0 Å². The van der Waals surface area contributed by atoms with Gasteiger partial charge in [-0.15, -0.1) is 0 Å². The number of fused-ring (bicyclic) bond motifs is 1. The fourth-order valence-electron chi connectivity index (χ4n) is 3.96. The maximum atomic E-state index is 3.88. The van der Waals surface area contributed by atoms with Crippen molar-refractivity contribution >= 4 is 0 Å². The quantitative estimate of drug-likeness (QED) is 0.808. The van der Waals surface area contributed by atoms with Crippen LogP contribution in [0.25, 0.3) is 0 Å². The summed E-state index contributed by atoms with van der Waals surface area (Å²) in [5, 5.41) is 3.88. The summed E-state index contributed by atoms with van der Waals surface area (Å²) in [5.74, 6) is 2.12. The summed E-state index contributed by atoms with van der Waals surface area (Å²) in [7, 11) is 4.33. The third kappa shape index (κ3) is 4.24. The predicted molar refractivity (Wildman–Crippen MR) is 78.9 cm³/mol. The zero-order valence-corrected chi connectivity index (χ0v) is 12.6. The van der Waals surface area contributed by atoms with E-state index < -0.39 is 0 Å². The Hall–Kier alpha value is -0.0800. The van der Waals surface area contributed by atoms with Crippen LogP contribution in [-0.2, 0) is 0 Å². The third-order valence-corrected chi connectivity index (χ3v) is 5.07. The van der Waals surface area contributed by atoms with E-state index in [2.05, 4.69) is 31.2 Å². The van der Waals surface area contributed by atoms with Crippen molar-refractivity contribution in [2.45, 2.75) is 70.4 Å². The molecular formula is C16H32N2. The molecule has 2 fully saturated rings. The standard InChI is InChI=1S/C16H32N2/c1-13(10-11-18(2)3)17-16-9-8-14-6-4-5-7-15(14)12-16/h13-17H,4-12H2,1-3H3. The van der Waals surface area contributed by atoms with E-state index in [4.69, 9.17) is 0 Å². The van der Waals surface area contributed by atoms with Gasteiger partial charge in [-0.2, -0.15) is 0 Å². The second kappa shape index (κ2) is 6.91. The van der Waals surface area contributed by atoms with E-state index in [0.29, 0.717) is 6.04 Å². The van der Waals surface area contributed by atoms with Crippen LogP contribution in [0.4, 0.5) is 0 Å². The molecule has 2 saturated carbocycles. The first-order valence-electron chi connectivity index (χ1n) is 8.06. The van der Waals surface area contributed by atoms with Crippen LogP contribution < -0.4 is 5.32 Å². The normalized spacial score (nSPS) is 34.3. The van der Waals surface area contributed by atoms with E-state index >= 15 is 0 Å². The maximum Gasteiger partial charge on any atom is 0.00723 e. The van der Waals surface area contributed by atoms with Gasteiger partial charge in [-0.1, -0.05) is 25.7 Å². The molecule has 0 heterocycles. The van der Waals surface area contributed by atoms with Crippen molar-refractivity contribution in [2.24, 2.45) is 11.8 Å². The van der Waals surface area contributed by atoms with Gasteiger partial charge >= 0.3 is 0 Å². The Kier molecular flexibility index (Phi) is 5.50. The maximum absolute atomic E-state index is 3.88. The Labute approximate surface area is 114 Å². The number of hydrogen-bond donors (Lipinski definition) is 1. The largest absolute Gasteiger partial charge is 0.311 e. The smallest absolute Gasteiger partial charge is 0.00723 e. The molecule has 0 aromatic heterocycles. The zero-order valence-electron chi connectivity index (χ0n) is 12.6. The van der Waals surface area contributed by atoms with Crippen LogP contribution in [0, 0.1) is 11.8 Å². The fraction of sp³-hybridized carbons (Fsp3) is 1.00. The van der Waals surface area contributed by atoms with Crippen LogP contribution in [0.3, 0.4) is 0 Å². The Morgan fingerprint density at radius 3 is 2.50 bits per heavy atom. The first-order chi connectivity index (χ1) is 8.65. The molecule has 2 nitrogen and oxygen atoms in total. The van der Waals surface area contributed by atoms with Gasteiger partial charge in [-0.25, -0.2) is 0 Å². The Morgan fingerprint density at radius 2 is 1.78 bits per heavy atom. The van der Waals surface area contributed by atoms with Crippen LogP contribution in [-0.4, -0.2) is 37.6 Å². The number of rotatable bonds is 5. The van der Waals surface area contributed by atoms with Gasteiger partial charge in [-0.3, -0.25) is 0 Å². The molecule has 2 aliphatic carbocycles. The molecule has 0 aromatic carbocycles. The monoisotopic (exact) mass is 252 g/mol. The summed E-state index contributed by atoms with van der Waals surface area (Å²) in [5.41, 5.74) is 0. The van der Waals surface area contributed by atoms with Gasteiger partial charge in [-0.05, 0) is 65.1 Å². The summed E-state index contributed by atoms with van der Waals surface area (Å²) in [6, 6.07) is 1.49. The van der Waals surface area contributed by atoms with Crippen molar-refractivity contribution in [3.05, 3.63) is 0 Å². The molecule has 106 valence electrons. The van der Waals surface area contributed by atoms with Crippen LogP contribution in [0.2, 0.25) is 0 Å². The van der Waals surface area contributed by atoms with Gasteiger partial charge in [0.05, 0.1) is 0 Å². The molecule has 2 heteroatoms. The van der Waals surface area contributed by atoms with E-state index in [0.717, 1.165) is 17.9 Å². The van der Waals surface area contributed by atoms with Crippen LogP contribution in [0.5, 0.6) is 0 Å². The lowest BCUT2D eigenvalue weighted by atomic mass is 9.69.